The Morgan fingerprint density at radius 1 is 1.00 bits per heavy atom. The van der Waals surface area contributed by atoms with Crippen LogP contribution in [0.4, 0.5) is 26.2 Å². The summed E-state index contributed by atoms with van der Waals surface area (Å²) < 4.78 is 26.8. The highest BCUT2D eigenvalue weighted by Crippen LogP contribution is 2.24. The molecule has 2 N–H and O–H groups in total. The van der Waals surface area contributed by atoms with E-state index >= 15 is 0 Å². The van der Waals surface area contributed by atoms with Crippen LogP contribution in [0.2, 0.25) is 0 Å². The number of fused-ring (bicyclic) bond motifs is 1. The van der Waals surface area contributed by atoms with Crippen LogP contribution in [0, 0.1) is 11.6 Å². The lowest BCUT2D eigenvalue weighted by Crippen LogP contribution is -2.03. The summed E-state index contributed by atoms with van der Waals surface area (Å²) in [5.41, 5.74) is 0.698. The van der Waals surface area contributed by atoms with E-state index in [1.54, 1.807) is 7.05 Å². The third-order valence-corrected chi connectivity index (χ3v) is 3.01. The van der Waals surface area contributed by atoms with E-state index < -0.39 is 11.6 Å². The van der Waals surface area contributed by atoms with Crippen molar-refractivity contribution in [2.24, 2.45) is 0 Å². The third-order valence-electron chi connectivity index (χ3n) is 3.01. The largest absolute Gasteiger partial charge is 0.372 e. The molecular weight excluding hydrogens is 274 g/mol. The van der Waals surface area contributed by atoms with E-state index in [2.05, 4.69) is 20.6 Å². The van der Waals surface area contributed by atoms with Crippen LogP contribution in [-0.2, 0) is 0 Å². The summed E-state index contributed by atoms with van der Waals surface area (Å²) in [6.07, 6.45) is 0. The molecule has 1 aromatic heterocycles. The van der Waals surface area contributed by atoms with Gasteiger partial charge in [-0.2, -0.15) is 4.98 Å². The number of halogens is 2. The molecule has 0 unspecified atom stereocenters. The highest BCUT2D eigenvalue weighted by atomic mass is 19.1. The number of rotatable bonds is 3. The van der Waals surface area contributed by atoms with Crippen LogP contribution in [0.5, 0.6) is 0 Å². The minimum atomic E-state index is -0.570. The van der Waals surface area contributed by atoms with Crippen molar-refractivity contribution in [3.8, 4) is 0 Å². The smallest absolute Gasteiger partial charge is 0.229 e. The quantitative estimate of drug-likeness (QED) is 0.771. The predicted molar refractivity (Wildman–Crippen MR) is 78.7 cm³/mol. The number of nitrogens with one attached hydrogen (secondary N) is 2. The van der Waals surface area contributed by atoms with Crippen molar-refractivity contribution < 1.29 is 8.78 Å². The van der Waals surface area contributed by atoms with Crippen LogP contribution in [0.25, 0.3) is 10.9 Å². The molecule has 3 rings (SSSR count). The molecule has 0 aliphatic rings. The fraction of sp³-hybridized carbons (Fsp3) is 0.0667. The van der Waals surface area contributed by atoms with Crippen molar-refractivity contribution >= 4 is 28.4 Å². The summed E-state index contributed by atoms with van der Waals surface area (Å²) in [7, 11) is 1.74. The van der Waals surface area contributed by atoms with Gasteiger partial charge in [-0.3, -0.25) is 0 Å². The number of nitrogens with zero attached hydrogens (tertiary/aromatic N) is 2. The lowest BCUT2D eigenvalue weighted by atomic mass is 10.2. The maximum atomic E-state index is 13.7. The van der Waals surface area contributed by atoms with Gasteiger partial charge in [-0.1, -0.05) is 12.1 Å². The normalized spacial score (nSPS) is 10.6. The fourth-order valence-electron chi connectivity index (χ4n) is 2.04. The van der Waals surface area contributed by atoms with Crippen LogP contribution >= 0.6 is 0 Å². The van der Waals surface area contributed by atoms with Gasteiger partial charge < -0.3 is 10.6 Å². The molecule has 0 spiro atoms. The number of para-hydroxylation sites is 1. The molecule has 0 aliphatic heterocycles. The second kappa shape index (κ2) is 5.32. The van der Waals surface area contributed by atoms with E-state index in [1.165, 1.54) is 0 Å². The monoisotopic (exact) mass is 286 g/mol. The average Bonchev–Trinajstić information content (AvgIpc) is 2.50. The summed E-state index contributed by atoms with van der Waals surface area (Å²) >= 11 is 0. The van der Waals surface area contributed by atoms with Crippen molar-refractivity contribution in [1.82, 2.24) is 9.97 Å². The summed E-state index contributed by atoms with van der Waals surface area (Å²) in [4.78, 5) is 8.56. The zero-order chi connectivity index (χ0) is 14.8. The van der Waals surface area contributed by atoms with Gasteiger partial charge in [-0.15, -0.1) is 0 Å². The summed E-state index contributed by atoms with van der Waals surface area (Å²) in [6.45, 7) is 0. The number of hydrogen-bond acceptors (Lipinski definition) is 4. The Kier molecular flexibility index (Phi) is 3.35. The topological polar surface area (TPSA) is 49.8 Å². The van der Waals surface area contributed by atoms with Gasteiger partial charge in [-0.25, -0.2) is 13.8 Å². The van der Waals surface area contributed by atoms with E-state index in [-0.39, 0.29) is 11.6 Å². The Morgan fingerprint density at radius 2 is 1.81 bits per heavy atom. The highest BCUT2D eigenvalue weighted by molar-refractivity contribution is 5.90. The van der Waals surface area contributed by atoms with Crippen molar-refractivity contribution in [2.75, 3.05) is 17.7 Å². The number of benzene rings is 2. The van der Waals surface area contributed by atoms with Gasteiger partial charge in [0.15, 0.2) is 0 Å². The molecule has 0 bridgehead atoms. The molecule has 4 nitrogen and oxygen atoms in total. The van der Waals surface area contributed by atoms with E-state index in [9.17, 15) is 8.78 Å². The third kappa shape index (κ3) is 2.60. The molecule has 106 valence electrons. The molecule has 0 saturated heterocycles. The molecule has 0 amide bonds. The Bertz CT molecular complexity index is 805. The second-order valence-electron chi connectivity index (χ2n) is 4.41. The molecule has 2 aromatic carbocycles. The predicted octanol–water partition coefficient (Wildman–Crippen LogP) is 3.69. The van der Waals surface area contributed by atoms with E-state index in [4.69, 9.17) is 0 Å². The average molecular weight is 286 g/mol. The Morgan fingerprint density at radius 3 is 2.62 bits per heavy atom. The number of anilines is 3. The van der Waals surface area contributed by atoms with Crippen LogP contribution in [0.3, 0.4) is 0 Å². The summed E-state index contributed by atoms with van der Waals surface area (Å²) in [6, 6.07) is 10.6. The molecule has 0 radical (unpaired) electrons. The molecule has 6 heteroatoms. The first-order valence-corrected chi connectivity index (χ1v) is 6.34. The van der Waals surface area contributed by atoms with Gasteiger partial charge in [0.2, 0.25) is 5.95 Å². The first-order valence-electron chi connectivity index (χ1n) is 6.34. The van der Waals surface area contributed by atoms with Gasteiger partial charge in [0, 0.05) is 18.5 Å². The first-order chi connectivity index (χ1) is 10.2. The zero-order valence-corrected chi connectivity index (χ0v) is 11.2. The van der Waals surface area contributed by atoms with Crippen molar-refractivity contribution in [3.63, 3.8) is 0 Å². The minimum absolute atomic E-state index is 0.00710. The molecule has 3 aromatic rings. The van der Waals surface area contributed by atoms with Crippen LogP contribution in [-0.4, -0.2) is 17.0 Å². The SMILES string of the molecule is CNc1nc(Nc2cc(F)ccc2F)nc2ccccc12. The van der Waals surface area contributed by atoms with Crippen LogP contribution in [0.1, 0.15) is 0 Å². The molecule has 0 atom stereocenters. The van der Waals surface area contributed by atoms with Crippen molar-refractivity contribution in [3.05, 3.63) is 54.1 Å². The van der Waals surface area contributed by atoms with E-state index in [0.29, 0.717) is 11.3 Å². The van der Waals surface area contributed by atoms with Gasteiger partial charge in [0.1, 0.15) is 17.5 Å². The van der Waals surface area contributed by atoms with Crippen molar-refractivity contribution in [2.45, 2.75) is 0 Å². The Hall–Kier alpha value is -2.76. The van der Waals surface area contributed by atoms with Gasteiger partial charge >= 0.3 is 0 Å². The summed E-state index contributed by atoms with van der Waals surface area (Å²) in [5, 5.41) is 6.52. The Balaban J connectivity index is 2.06. The number of hydrogen-bond donors (Lipinski definition) is 2. The zero-order valence-electron chi connectivity index (χ0n) is 11.2. The lowest BCUT2D eigenvalue weighted by Gasteiger charge is -2.10. The fourth-order valence-corrected chi connectivity index (χ4v) is 2.04. The molecular formula is C15H12F2N4. The first kappa shape index (κ1) is 13.2. The van der Waals surface area contributed by atoms with Gasteiger partial charge in [0.25, 0.3) is 0 Å². The minimum Gasteiger partial charge on any atom is -0.372 e. The second-order valence-corrected chi connectivity index (χ2v) is 4.41. The molecule has 21 heavy (non-hydrogen) atoms. The highest BCUT2D eigenvalue weighted by Gasteiger charge is 2.09. The standard InChI is InChI=1S/C15H12F2N4/c1-18-14-10-4-2-3-5-12(10)19-15(21-14)20-13-8-9(16)6-7-11(13)17/h2-8H,1H3,(H2,18,19,20,21). The maximum Gasteiger partial charge on any atom is 0.229 e. The van der Waals surface area contributed by atoms with E-state index in [0.717, 1.165) is 23.6 Å². The van der Waals surface area contributed by atoms with Gasteiger partial charge in [0.05, 0.1) is 11.2 Å². The number of aromatic nitrogens is 2. The molecule has 0 saturated carbocycles. The van der Waals surface area contributed by atoms with Crippen LogP contribution < -0.4 is 10.6 Å². The molecule has 0 fully saturated rings. The molecule has 0 aliphatic carbocycles. The van der Waals surface area contributed by atoms with E-state index in [1.807, 2.05) is 24.3 Å². The van der Waals surface area contributed by atoms with Crippen molar-refractivity contribution in [1.29, 1.82) is 0 Å². The summed E-state index contributed by atoms with van der Waals surface area (Å²) in [5.74, 6) is -0.296. The maximum absolute atomic E-state index is 13.7. The van der Waals surface area contributed by atoms with Crippen LogP contribution in [0.15, 0.2) is 42.5 Å². The van der Waals surface area contributed by atoms with Gasteiger partial charge in [-0.05, 0) is 24.3 Å². The molecule has 1 heterocycles. The lowest BCUT2D eigenvalue weighted by molar-refractivity contribution is 0.603. The Labute approximate surface area is 119 Å².